The molecule has 5 rings (SSSR count). The van der Waals surface area contributed by atoms with Gasteiger partial charge in [-0.1, -0.05) is 56.0 Å². The fraction of sp³-hybridized carbons (Fsp3) is 0.286. The normalized spacial score (nSPS) is 14.5. The van der Waals surface area contributed by atoms with E-state index in [0.29, 0.717) is 0 Å². The van der Waals surface area contributed by atoms with Crippen LogP contribution in [0.1, 0.15) is 36.8 Å². The Labute approximate surface area is 179 Å². The van der Waals surface area contributed by atoms with Crippen LogP contribution in [0.15, 0.2) is 73.2 Å². The SMILES string of the molecule is Cc1ccc(-c2cccnc2)cc1-c1c2ccc(CC3CCCC3)cc2cc[n+]1C. The molecular formula is C28H29N2+. The van der Waals surface area contributed by atoms with Crippen LogP contribution in [0.4, 0.5) is 0 Å². The molecule has 0 radical (unpaired) electrons. The minimum atomic E-state index is 0.875. The van der Waals surface area contributed by atoms with Gasteiger partial charge in [0.25, 0.3) is 0 Å². The molecule has 1 aliphatic rings. The van der Waals surface area contributed by atoms with Crippen LogP contribution in [0.3, 0.4) is 0 Å². The maximum Gasteiger partial charge on any atom is 0.220 e. The van der Waals surface area contributed by atoms with Gasteiger partial charge in [-0.25, -0.2) is 4.57 Å². The highest BCUT2D eigenvalue weighted by molar-refractivity contribution is 5.94. The smallest absolute Gasteiger partial charge is 0.220 e. The van der Waals surface area contributed by atoms with Gasteiger partial charge in [-0.2, -0.15) is 0 Å². The van der Waals surface area contributed by atoms with E-state index in [-0.39, 0.29) is 0 Å². The number of hydrogen-bond donors (Lipinski definition) is 0. The summed E-state index contributed by atoms with van der Waals surface area (Å²) in [7, 11) is 2.15. The molecule has 4 aromatic rings. The molecule has 2 nitrogen and oxygen atoms in total. The molecule has 1 aliphatic carbocycles. The number of pyridine rings is 2. The van der Waals surface area contributed by atoms with Crippen molar-refractivity contribution in [1.29, 1.82) is 0 Å². The fourth-order valence-electron chi connectivity index (χ4n) is 5.02. The Kier molecular flexibility index (Phi) is 5.08. The van der Waals surface area contributed by atoms with Gasteiger partial charge < -0.3 is 0 Å². The van der Waals surface area contributed by atoms with E-state index in [1.807, 2.05) is 18.5 Å². The van der Waals surface area contributed by atoms with Gasteiger partial charge in [-0.15, -0.1) is 0 Å². The molecule has 30 heavy (non-hydrogen) atoms. The van der Waals surface area contributed by atoms with Gasteiger partial charge >= 0.3 is 0 Å². The summed E-state index contributed by atoms with van der Waals surface area (Å²) in [6.45, 7) is 2.20. The van der Waals surface area contributed by atoms with Gasteiger partial charge in [-0.05, 0) is 59.5 Å². The third-order valence-corrected chi connectivity index (χ3v) is 6.69. The van der Waals surface area contributed by atoms with Crippen LogP contribution in [-0.2, 0) is 13.5 Å². The maximum atomic E-state index is 4.30. The Bertz CT molecular complexity index is 1190. The molecular weight excluding hydrogens is 364 g/mol. The zero-order valence-electron chi connectivity index (χ0n) is 17.9. The lowest BCUT2D eigenvalue weighted by Gasteiger charge is -2.12. The molecule has 0 bridgehead atoms. The van der Waals surface area contributed by atoms with Crippen molar-refractivity contribution in [3.8, 4) is 22.4 Å². The summed E-state index contributed by atoms with van der Waals surface area (Å²) in [6, 6.07) is 20.2. The lowest BCUT2D eigenvalue weighted by molar-refractivity contribution is -0.659. The van der Waals surface area contributed by atoms with E-state index >= 15 is 0 Å². The molecule has 0 spiro atoms. The van der Waals surface area contributed by atoms with Gasteiger partial charge in [0.2, 0.25) is 5.69 Å². The third kappa shape index (κ3) is 3.63. The van der Waals surface area contributed by atoms with Gasteiger partial charge in [0, 0.05) is 24.0 Å². The van der Waals surface area contributed by atoms with E-state index in [1.54, 1.807) is 0 Å². The number of aromatic nitrogens is 2. The lowest BCUT2D eigenvalue weighted by atomic mass is 9.93. The highest BCUT2D eigenvalue weighted by Gasteiger charge is 2.20. The maximum absolute atomic E-state index is 4.30. The van der Waals surface area contributed by atoms with Crippen LogP contribution < -0.4 is 4.57 Å². The Balaban J connectivity index is 1.60. The minimum Gasteiger partial charge on any atom is -0.264 e. The number of hydrogen-bond acceptors (Lipinski definition) is 1. The first-order chi connectivity index (χ1) is 14.7. The number of aryl methyl sites for hydroxylation is 2. The van der Waals surface area contributed by atoms with Crippen molar-refractivity contribution in [1.82, 2.24) is 4.98 Å². The van der Waals surface area contributed by atoms with Crippen LogP contribution in [0.25, 0.3) is 33.2 Å². The zero-order valence-corrected chi connectivity index (χ0v) is 17.9. The monoisotopic (exact) mass is 393 g/mol. The summed E-state index contributed by atoms with van der Waals surface area (Å²) < 4.78 is 2.26. The van der Waals surface area contributed by atoms with E-state index in [0.717, 1.165) is 11.5 Å². The summed E-state index contributed by atoms with van der Waals surface area (Å²) in [5, 5.41) is 2.66. The molecule has 0 N–H and O–H groups in total. The number of fused-ring (bicyclic) bond motifs is 1. The molecule has 2 heteroatoms. The molecule has 0 unspecified atom stereocenters. The van der Waals surface area contributed by atoms with Crippen molar-refractivity contribution in [3.63, 3.8) is 0 Å². The summed E-state index contributed by atoms with van der Waals surface area (Å²) >= 11 is 0. The van der Waals surface area contributed by atoms with Crippen molar-refractivity contribution in [2.45, 2.75) is 39.0 Å². The number of rotatable bonds is 4. The topological polar surface area (TPSA) is 16.8 Å². The summed E-state index contributed by atoms with van der Waals surface area (Å²) in [6.07, 6.45) is 12.8. The van der Waals surface area contributed by atoms with E-state index in [9.17, 15) is 0 Å². The number of nitrogens with zero attached hydrogens (tertiary/aromatic N) is 2. The molecule has 150 valence electrons. The molecule has 2 heterocycles. The summed E-state index contributed by atoms with van der Waals surface area (Å²) in [4.78, 5) is 4.30. The molecule has 0 atom stereocenters. The quantitative estimate of drug-likeness (QED) is 0.365. The Hall–Kier alpha value is -3.00. The second-order valence-electron chi connectivity index (χ2n) is 8.82. The minimum absolute atomic E-state index is 0.875. The van der Waals surface area contributed by atoms with Gasteiger partial charge in [0.1, 0.15) is 7.05 Å². The Morgan fingerprint density at radius 3 is 2.63 bits per heavy atom. The first-order valence-electron chi connectivity index (χ1n) is 11.1. The molecule has 0 aliphatic heterocycles. The van der Waals surface area contributed by atoms with Crippen molar-refractivity contribution < 1.29 is 4.57 Å². The first-order valence-corrected chi connectivity index (χ1v) is 11.1. The summed E-state index contributed by atoms with van der Waals surface area (Å²) in [5.74, 6) is 0.875. The van der Waals surface area contributed by atoms with E-state index in [4.69, 9.17) is 0 Å². The predicted molar refractivity (Wildman–Crippen MR) is 124 cm³/mol. The van der Waals surface area contributed by atoms with Crippen molar-refractivity contribution in [2.75, 3.05) is 0 Å². The fourth-order valence-corrected chi connectivity index (χ4v) is 5.02. The van der Waals surface area contributed by atoms with Crippen LogP contribution >= 0.6 is 0 Å². The van der Waals surface area contributed by atoms with Crippen LogP contribution in [0.5, 0.6) is 0 Å². The molecule has 2 aromatic heterocycles. The Morgan fingerprint density at radius 1 is 0.967 bits per heavy atom. The van der Waals surface area contributed by atoms with E-state index < -0.39 is 0 Å². The molecule has 1 saturated carbocycles. The molecule has 0 saturated heterocycles. The average molecular weight is 394 g/mol. The van der Waals surface area contributed by atoms with Crippen LogP contribution in [-0.4, -0.2) is 4.98 Å². The highest BCUT2D eigenvalue weighted by atomic mass is 14.9. The standard InChI is InChI=1S/C28H29N2/c1-20-9-11-23(25-8-5-14-29-19-25)18-27(20)28-26-12-10-22(16-21-6-3-4-7-21)17-24(26)13-15-30(28)2/h5,8-15,17-19,21H,3-4,6-7,16H2,1-2H3/q+1. The molecule has 1 fully saturated rings. The predicted octanol–water partition coefficient (Wildman–Crippen LogP) is 6.43. The third-order valence-electron chi connectivity index (χ3n) is 6.69. The largest absolute Gasteiger partial charge is 0.264 e. The van der Waals surface area contributed by atoms with Crippen molar-refractivity contribution in [3.05, 3.63) is 84.3 Å². The van der Waals surface area contributed by atoms with Crippen molar-refractivity contribution in [2.24, 2.45) is 13.0 Å². The van der Waals surface area contributed by atoms with Crippen LogP contribution in [0.2, 0.25) is 0 Å². The number of benzene rings is 2. The second-order valence-corrected chi connectivity index (χ2v) is 8.82. The van der Waals surface area contributed by atoms with Gasteiger partial charge in [0.05, 0.1) is 10.9 Å². The van der Waals surface area contributed by atoms with Gasteiger partial charge in [0.15, 0.2) is 6.20 Å². The first kappa shape index (κ1) is 19.0. The average Bonchev–Trinajstić information content (AvgIpc) is 3.28. The lowest BCUT2D eigenvalue weighted by Crippen LogP contribution is -2.30. The highest BCUT2D eigenvalue weighted by Crippen LogP contribution is 2.33. The van der Waals surface area contributed by atoms with E-state index in [2.05, 4.69) is 78.3 Å². The Morgan fingerprint density at radius 2 is 1.83 bits per heavy atom. The van der Waals surface area contributed by atoms with Crippen LogP contribution in [0, 0.1) is 12.8 Å². The zero-order chi connectivity index (χ0) is 20.5. The van der Waals surface area contributed by atoms with Gasteiger partial charge in [-0.3, -0.25) is 4.98 Å². The summed E-state index contributed by atoms with van der Waals surface area (Å²) in [5.41, 5.74) is 7.70. The van der Waals surface area contributed by atoms with Crippen molar-refractivity contribution >= 4 is 10.8 Å². The molecule has 0 amide bonds. The molecule has 2 aromatic carbocycles. The second kappa shape index (κ2) is 8.02. The van der Waals surface area contributed by atoms with E-state index in [1.165, 1.54) is 70.8 Å².